The Labute approximate surface area is 96.0 Å². The summed E-state index contributed by atoms with van der Waals surface area (Å²) in [5, 5.41) is 2.90. The summed E-state index contributed by atoms with van der Waals surface area (Å²) in [6.07, 6.45) is 3.28. The monoisotopic (exact) mass is 271 g/mol. The lowest BCUT2D eigenvalue weighted by Crippen LogP contribution is -2.39. The second kappa shape index (κ2) is 4.31. The predicted octanol–water partition coefficient (Wildman–Crippen LogP) is 2.87. The summed E-state index contributed by atoms with van der Waals surface area (Å²) >= 11 is 3.06. The molecule has 1 aliphatic rings. The van der Waals surface area contributed by atoms with E-state index in [9.17, 15) is 9.18 Å². The number of nitrogens with one attached hydrogen (secondary N) is 1. The predicted molar refractivity (Wildman–Crippen MR) is 59.2 cm³/mol. The minimum atomic E-state index is -0.352. The van der Waals surface area contributed by atoms with Crippen LogP contribution >= 0.6 is 15.9 Å². The number of hydrogen-bond acceptors (Lipinski definition) is 1. The first-order valence-corrected chi connectivity index (χ1v) is 5.72. The molecule has 1 saturated carbocycles. The first-order valence-electron chi connectivity index (χ1n) is 4.93. The van der Waals surface area contributed by atoms with Gasteiger partial charge in [0.2, 0.25) is 0 Å². The van der Waals surface area contributed by atoms with Crippen molar-refractivity contribution in [3.05, 3.63) is 34.1 Å². The number of carbonyl (C=O) groups is 1. The van der Waals surface area contributed by atoms with Crippen LogP contribution in [0.1, 0.15) is 29.6 Å². The summed E-state index contributed by atoms with van der Waals surface area (Å²) in [6, 6.07) is 4.60. The van der Waals surface area contributed by atoms with E-state index in [0.29, 0.717) is 16.1 Å². The molecule has 1 fully saturated rings. The van der Waals surface area contributed by atoms with E-state index < -0.39 is 0 Å². The highest BCUT2D eigenvalue weighted by molar-refractivity contribution is 9.10. The Morgan fingerprint density at radius 3 is 2.73 bits per heavy atom. The molecule has 1 aromatic rings. The van der Waals surface area contributed by atoms with Crippen LogP contribution in [-0.2, 0) is 0 Å². The second-order valence-electron chi connectivity index (χ2n) is 3.73. The molecule has 2 nitrogen and oxygen atoms in total. The lowest BCUT2D eigenvalue weighted by Gasteiger charge is -2.26. The number of halogens is 2. The van der Waals surface area contributed by atoms with Crippen LogP contribution in [0.5, 0.6) is 0 Å². The number of rotatable bonds is 2. The van der Waals surface area contributed by atoms with Gasteiger partial charge >= 0.3 is 0 Å². The Kier molecular flexibility index (Phi) is 3.05. The Bertz CT molecular complexity index is 390. The van der Waals surface area contributed by atoms with Crippen molar-refractivity contribution < 1.29 is 9.18 Å². The van der Waals surface area contributed by atoms with Crippen LogP contribution in [0.3, 0.4) is 0 Å². The molecule has 0 heterocycles. The molecule has 1 N–H and O–H groups in total. The zero-order chi connectivity index (χ0) is 10.8. The molecule has 2 rings (SSSR count). The molecule has 1 aromatic carbocycles. The number of benzene rings is 1. The number of carbonyl (C=O) groups excluding carboxylic acids is 1. The Hall–Kier alpha value is -0.900. The van der Waals surface area contributed by atoms with E-state index in [1.54, 1.807) is 0 Å². The van der Waals surface area contributed by atoms with E-state index in [4.69, 9.17) is 0 Å². The molecule has 15 heavy (non-hydrogen) atoms. The summed E-state index contributed by atoms with van der Waals surface area (Å²) < 4.78 is 13.2. The molecule has 0 atom stereocenters. The van der Waals surface area contributed by atoms with Gasteiger partial charge in [0.15, 0.2) is 0 Å². The lowest BCUT2D eigenvalue weighted by molar-refractivity contribution is 0.0917. The van der Waals surface area contributed by atoms with Crippen molar-refractivity contribution in [1.82, 2.24) is 5.32 Å². The maximum absolute atomic E-state index is 12.9. The quantitative estimate of drug-likeness (QED) is 0.881. The van der Waals surface area contributed by atoms with Crippen LogP contribution in [0.4, 0.5) is 4.39 Å². The van der Waals surface area contributed by atoms with E-state index >= 15 is 0 Å². The minimum Gasteiger partial charge on any atom is -0.349 e. The third-order valence-corrected chi connectivity index (χ3v) is 3.23. The SMILES string of the molecule is O=C(NC1CCC1)c1ccc(F)c(Br)c1. The normalized spacial score (nSPS) is 15.9. The maximum Gasteiger partial charge on any atom is 0.251 e. The van der Waals surface area contributed by atoms with Gasteiger partial charge in [0.1, 0.15) is 5.82 Å². The van der Waals surface area contributed by atoms with E-state index in [1.807, 2.05) is 0 Å². The van der Waals surface area contributed by atoms with Gasteiger partial charge in [0, 0.05) is 11.6 Å². The number of hydrogen-bond donors (Lipinski definition) is 1. The Morgan fingerprint density at radius 1 is 1.47 bits per heavy atom. The largest absolute Gasteiger partial charge is 0.349 e. The molecule has 0 spiro atoms. The first kappa shape index (κ1) is 10.6. The average molecular weight is 272 g/mol. The van der Waals surface area contributed by atoms with Crippen LogP contribution in [0.15, 0.2) is 22.7 Å². The van der Waals surface area contributed by atoms with Gasteiger partial charge in [-0.15, -0.1) is 0 Å². The van der Waals surface area contributed by atoms with E-state index in [-0.39, 0.29) is 11.7 Å². The highest BCUT2D eigenvalue weighted by atomic mass is 79.9. The average Bonchev–Trinajstić information content (AvgIpc) is 2.15. The van der Waals surface area contributed by atoms with Gasteiger partial charge in [-0.3, -0.25) is 4.79 Å². The molecule has 0 aromatic heterocycles. The highest BCUT2D eigenvalue weighted by Crippen LogP contribution is 2.20. The zero-order valence-corrected chi connectivity index (χ0v) is 9.68. The fourth-order valence-electron chi connectivity index (χ4n) is 1.46. The number of amides is 1. The zero-order valence-electron chi connectivity index (χ0n) is 8.09. The Balaban J connectivity index is 2.07. The van der Waals surface area contributed by atoms with Gasteiger partial charge in [0.05, 0.1) is 4.47 Å². The Morgan fingerprint density at radius 2 is 2.20 bits per heavy atom. The van der Waals surface area contributed by atoms with Gasteiger partial charge < -0.3 is 5.32 Å². The van der Waals surface area contributed by atoms with Crippen molar-refractivity contribution in [2.75, 3.05) is 0 Å². The van der Waals surface area contributed by atoms with Crippen LogP contribution in [-0.4, -0.2) is 11.9 Å². The molecule has 0 aliphatic heterocycles. The second-order valence-corrected chi connectivity index (χ2v) is 4.58. The van der Waals surface area contributed by atoms with E-state index in [1.165, 1.54) is 24.6 Å². The highest BCUT2D eigenvalue weighted by Gasteiger charge is 2.20. The van der Waals surface area contributed by atoms with Crippen molar-refractivity contribution in [1.29, 1.82) is 0 Å². The summed E-state index contributed by atoms with van der Waals surface area (Å²) in [7, 11) is 0. The third kappa shape index (κ3) is 2.37. The molecule has 1 amide bonds. The molecule has 0 radical (unpaired) electrons. The van der Waals surface area contributed by atoms with Gasteiger partial charge in [-0.2, -0.15) is 0 Å². The van der Waals surface area contributed by atoms with Crippen LogP contribution < -0.4 is 5.32 Å². The molecule has 0 bridgehead atoms. The fraction of sp³-hybridized carbons (Fsp3) is 0.364. The third-order valence-electron chi connectivity index (χ3n) is 2.62. The standard InChI is InChI=1S/C11H11BrFNO/c12-9-6-7(4-5-10(9)13)11(15)14-8-2-1-3-8/h4-6,8H,1-3H2,(H,14,15). The molecule has 4 heteroatoms. The molecular weight excluding hydrogens is 261 g/mol. The minimum absolute atomic E-state index is 0.125. The molecule has 80 valence electrons. The summed E-state index contributed by atoms with van der Waals surface area (Å²) in [4.78, 5) is 11.7. The smallest absolute Gasteiger partial charge is 0.251 e. The fourth-order valence-corrected chi connectivity index (χ4v) is 1.84. The van der Waals surface area contributed by atoms with Crippen molar-refractivity contribution in [3.63, 3.8) is 0 Å². The van der Waals surface area contributed by atoms with E-state index in [2.05, 4.69) is 21.2 Å². The maximum atomic E-state index is 12.9. The van der Waals surface area contributed by atoms with Crippen molar-refractivity contribution in [2.45, 2.75) is 25.3 Å². The van der Waals surface area contributed by atoms with Gasteiger partial charge in [-0.1, -0.05) is 0 Å². The topological polar surface area (TPSA) is 29.1 Å². The lowest BCUT2D eigenvalue weighted by atomic mass is 9.93. The van der Waals surface area contributed by atoms with Gasteiger partial charge in [0.25, 0.3) is 5.91 Å². The van der Waals surface area contributed by atoms with Crippen molar-refractivity contribution in [2.24, 2.45) is 0 Å². The summed E-state index contributed by atoms with van der Waals surface area (Å²) in [6.45, 7) is 0. The molecule has 0 saturated heterocycles. The molecule has 0 unspecified atom stereocenters. The van der Waals surface area contributed by atoms with E-state index in [0.717, 1.165) is 12.8 Å². The van der Waals surface area contributed by atoms with Crippen molar-refractivity contribution >= 4 is 21.8 Å². The first-order chi connectivity index (χ1) is 7.16. The van der Waals surface area contributed by atoms with Crippen LogP contribution in [0.25, 0.3) is 0 Å². The van der Waals surface area contributed by atoms with Crippen LogP contribution in [0, 0.1) is 5.82 Å². The van der Waals surface area contributed by atoms with Crippen LogP contribution in [0.2, 0.25) is 0 Å². The molecule has 1 aliphatic carbocycles. The van der Waals surface area contributed by atoms with Gasteiger partial charge in [-0.05, 0) is 53.4 Å². The molecular formula is C11H11BrFNO. The summed E-state index contributed by atoms with van der Waals surface area (Å²) in [5.74, 6) is -0.476. The van der Waals surface area contributed by atoms with Crippen molar-refractivity contribution in [3.8, 4) is 0 Å². The van der Waals surface area contributed by atoms with Gasteiger partial charge in [-0.25, -0.2) is 4.39 Å². The summed E-state index contributed by atoms with van der Waals surface area (Å²) in [5.41, 5.74) is 0.496.